The molecule has 0 saturated heterocycles. The normalized spacial score (nSPS) is 14.1. The van der Waals surface area contributed by atoms with Gasteiger partial charge in [-0.05, 0) is 59.4 Å². The Morgan fingerprint density at radius 1 is 1.27 bits per heavy atom. The molecule has 0 saturated carbocycles. The predicted octanol–water partition coefficient (Wildman–Crippen LogP) is 3.65. The number of amides is 1. The third-order valence-electron chi connectivity index (χ3n) is 3.69. The van der Waals surface area contributed by atoms with Crippen LogP contribution in [-0.2, 0) is 9.59 Å². The Morgan fingerprint density at radius 3 is 2.77 bits per heavy atom. The lowest BCUT2D eigenvalue weighted by Gasteiger charge is -2.13. The second-order valence-electron chi connectivity index (χ2n) is 5.50. The van der Waals surface area contributed by atoms with Crippen molar-refractivity contribution in [1.82, 2.24) is 0 Å². The topological polar surface area (TPSA) is 84.9 Å². The van der Waals surface area contributed by atoms with Crippen LogP contribution in [0.15, 0.2) is 36.4 Å². The number of aliphatic carboxylic acids is 1. The van der Waals surface area contributed by atoms with Crippen LogP contribution in [0.5, 0.6) is 11.5 Å². The minimum atomic E-state index is -1.06. The summed E-state index contributed by atoms with van der Waals surface area (Å²) in [4.78, 5) is 23.1. The lowest BCUT2D eigenvalue weighted by molar-refractivity contribution is -0.139. The first-order chi connectivity index (χ1) is 12.5. The fourth-order valence-electron chi connectivity index (χ4n) is 2.66. The van der Waals surface area contributed by atoms with Crippen LogP contribution in [0.3, 0.4) is 0 Å². The van der Waals surface area contributed by atoms with Gasteiger partial charge in [0.1, 0.15) is 0 Å². The first-order valence-electron chi connectivity index (χ1n) is 7.93. The van der Waals surface area contributed by atoms with E-state index in [9.17, 15) is 9.59 Å². The zero-order valence-electron chi connectivity index (χ0n) is 13.9. The highest BCUT2D eigenvalue weighted by molar-refractivity contribution is 14.1. The molecule has 0 unspecified atom stereocenters. The molecule has 0 radical (unpaired) electrons. The summed E-state index contributed by atoms with van der Waals surface area (Å²) < 4.78 is 11.7. The Morgan fingerprint density at radius 2 is 2.04 bits per heavy atom. The molecule has 1 heterocycles. The van der Waals surface area contributed by atoms with Gasteiger partial charge in [0.25, 0.3) is 5.91 Å². The molecule has 2 aromatic carbocycles. The zero-order chi connectivity index (χ0) is 18.7. The largest absolute Gasteiger partial charge is 0.490 e. The van der Waals surface area contributed by atoms with Crippen molar-refractivity contribution in [1.29, 1.82) is 0 Å². The monoisotopic (exact) mass is 465 g/mol. The number of carbonyl (C=O) groups is 2. The number of hydrogen-bond acceptors (Lipinski definition) is 4. The van der Waals surface area contributed by atoms with E-state index in [0.29, 0.717) is 27.2 Å². The van der Waals surface area contributed by atoms with Crippen LogP contribution in [0.2, 0.25) is 0 Å². The number of carbonyl (C=O) groups excluding carboxylic acids is 1. The maximum Gasteiger partial charge on any atom is 0.341 e. The van der Waals surface area contributed by atoms with E-state index in [1.807, 2.05) is 37.3 Å². The van der Waals surface area contributed by atoms with E-state index in [4.69, 9.17) is 14.6 Å². The molecular formula is C19H16INO5. The summed E-state index contributed by atoms with van der Waals surface area (Å²) in [5, 5.41) is 11.7. The van der Waals surface area contributed by atoms with Gasteiger partial charge < -0.3 is 19.9 Å². The van der Waals surface area contributed by atoms with Gasteiger partial charge in [0, 0.05) is 16.8 Å². The summed E-state index contributed by atoms with van der Waals surface area (Å²) in [6, 6.07) is 11.0. The minimum Gasteiger partial charge on any atom is -0.490 e. The molecule has 0 fully saturated rings. The first-order valence-corrected chi connectivity index (χ1v) is 9.01. The molecule has 0 aliphatic carbocycles. The summed E-state index contributed by atoms with van der Waals surface area (Å²) in [5.74, 6) is -0.397. The van der Waals surface area contributed by atoms with Gasteiger partial charge in [-0.2, -0.15) is 0 Å². The highest BCUT2D eigenvalue weighted by Gasteiger charge is 2.23. The van der Waals surface area contributed by atoms with E-state index in [0.717, 1.165) is 16.8 Å². The second-order valence-corrected chi connectivity index (χ2v) is 6.67. The van der Waals surface area contributed by atoms with Crippen LogP contribution in [0.1, 0.15) is 18.1 Å². The molecule has 1 aliphatic rings. The Bertz CT molecular complexity index is 907. The summed E-state index contributed by atoms with van der Waals surface area (Å²) >= 11 is 2.06. The molecule has 0 atom stereocenters. The van der Waals surface area contributed by atoms with Crippen molar-refractivity contribution in [2.24, 2.45) is 0 Å². The van der Waals surface area contributed by atoms with Gasteiger partial charge in [0.05, 0.1) is 10.2 Å². The van der Waals surface area contributed by atoms with E-state index >= 15 is 0 Å². The van der Waals surface area contributed by atoms with Crippen LogP contribution in [-0.4, -0.2) is 30.2 Å². The van der Waals surface area contributed by atoms with Crippen molar-refractivity contribution in [2.75, 3.05) is 18.5 Å². The molecule has 1 amide bonds. The zero-order valence-corrected chi connectivity index (χ0v) is 16.1. The molecule has 0 spiro atoms. The van der Waals surface area contributed by atoms with Gasteiger partial charge in [-0.15, -0.1) is 0 Å². The van der Waals surface area contributed by atoms with Crippen molar-refractivity contribution in [3.8, 4) is 11.5 Å². The molecule has 6 nitrogen and oxygen atoms in total. The van der Waals surface area contributed by atoms with E-state index in [1.54, 1.807) is 12.1 Å². The van der Waals surface area contributed by atoms with E-state index in [1.165, 1.54) is 0 Å². The molecule has 2 aromatic rings. The number of rotatable bonds is 6. The van der Waals surface area contributed by atoms with Gasteiger partial charge in [-0.25, -0.2) is 4.79 Å². The van der Waals surface area contributed by atoms with Gasteiger partial charge in [0.2, 0.25) is 0 Å². The highest BCUT2D eigenvalue weighted by atomic mass is 127. The second kappa shape index (κ2) is 7.77. The third-order valence-corrected chi connectivity index (χ3v) is 4.49. The molecule has 26 heavy (non-hydrogen) atoms. The van der Waals surface area contributed by atoms with Gasteiger partial charge in [-0.3, -0.25) is 4.79 Å². The summed E-state index contributed by atoms with van der Waals surface area (Å²) in [7, 11) is 0. The molecule has 2 N–H and O–H groups in total. The SMILES string of the molecule is CCOc1cc(/C=C2\C(=O)Nc3ccccc32)cc(I)c1OCC(=O)O. The summed E-state index contributed by atoms with van der Waals surface area (Å²) in [6.07, 6.45) is 1.78. The highest BCUT2D eigenvalue weighted by Crippen LogP contribution is 2.37. The maximum absolute atomic E-state index is 12.3. The van der Waals surface area contributed by atoms with E-state index in [2.05, 4.69) is 27.9 Å². The van der Waals surface area contributed by atoms with Crippen LogP contribution in [0, 0.1) is 3.57 Å². The number of benzene rings is 2. The van der Waals surface area contributed by atoms with Crippen molar-refractivity contribution >= 4 is 51.8 Å². The first kappa shape index (κ1) is 18.2. The van der Waals surface area contributed by atoms with Crippen molar-refractivity contribution < 1.29 is 24.2 Å². The number of halogens is 1. The van der Waals surface area contributed by atoms with Gasteiger partial charge in [0.15, 0.2) is 18.1 Å². The Kier molecular flexibility index (Phi) is 5.46. The fourth-order valence-corrected chi connectivity index (χ4v) is 3.44. The van der Waals surface area contributed by atoms with Crippen molar-refractivity contribution in [3.05, 3.63) is 51.1 Å². The molecule has 0 aromatic heterocycles. The molecule has 3 rings (SSSR count). The maximum atomic E-state index is 12.3. The predicted molar refractivity (Wildman–Crippen MR) is 106 cm³/mol. The molecule has 134 valence electrons. The van der Waals surface area contributed by atoms with Gasteiger partial charge >= 0.3 is 5.97 Å². The quantitative estimate of drug-likeness (QED) is 0.503. The van der Waals surface area contributed by atoms with Crippen LogP contribution >= 0.6 is 22.6 Å². The van der Waals surface area contributed by atoms with Gasteiger partial charge in [-0.1, -0.05) is 18.2 Å². The third kappa shape index (κ3) is 3.82. The fraction of sp³-hybridized carbons (Fsp3) is 0.158. The smallest absolute Gasteiger partial charge is 0.341 e. The Labute approximate surface area is 164 Å². The van der Waals surface area contributed by atoms with Crippen LogP contribution in [0.4, 0.5) is 5.69 Å². The Balaban J connectivity index is 2.01. The van der Waals surface area contributed by atoms with Crippen LogP contribution < -0.4 is 14.8 Å². The minimum absolute atomic E-state index is 0.162. The summed E-state index contributed by atoms with van der Waals surface area (Å²) in [5.41, 5.74) is 2.96. The van der Waals surface area contributed by atoms with E-state index < -0.39 is 12.6 Å². The number of nitrogens with one attached hydrogen (secondary N) is 1. The number of carboxylic acid groups (broad SMARTS) is 1. The molecular weight excluding hydrogens is 449 g/mol. The van der Waals surface area contributed by atoms with Crippen LogP contribution in [0.25, 0.3) is 11.6 Å². The number of carboxylic acids is 1. The average Bonchev–Trinajstić information content (AvgIpc) is 2.90. The van der Waals surface area contributed by atoms with Crippen molar-refractivity contribution in [3.63, 3.8) is 0 Å². The lowest BCUT2D eigenvalue weighted by atomic mass is 10.0. The molecule has 1 aliphatic heterocycles. The molecule has 7 heteroatoms. The van der Waals surface area contributed by atoms with E-state index in [-0.39, 0.29) is 5.91 Å². The number of ether oxygens (including phenoxy) is 2. The lowest BCUT2D eigenvalue weighted by Crippen LogP contribution is -2.11. The average molecular weight is 465 g/mol. The van der Waals surface area contributed by atoms with Crippen molar-refractivity contribution in [2.45, 2.75) is 6.92 Å². The summed E-state index contributed by atoms with van der Waals surface area (Å²) in [6.45, 7) is 1.79. The molecule has 0 bridgehead atoms. The Hall–Kier alpha value is -2.55. The standard InChI is InChI=1S/C19H16INO5/c1-2-25-16-9-11(8-14(20)18(16)26-10-17(22)23)7-13-12-5-3-4-6-15(12)21-19(13)24/h3-9H,2,10H2,1H3,(H,21,24)(H,22,23)/b13-7-. The number of anilines is 1. The number of fused-ring (bicyclic) bond motifs is 1. The number of hydrogen-bond donors (Lipinski definition) is 2. The number of para-hydroxylation sites is 1.